The number of sulfonamides is 1. The van der Waals surface area contributed by atoms with E-state index in [0.717, 1.165) is 34.4 Å². The lowest BCUT2D eigenvalue weighted by Crippen LogP contribution is -2.25. The highest BCUT2D eigenvalue weighted by molar-refractivity contribution is 7.89. The number of carboxylic acid groups (broad SMARTS) is 1. The first-order valence-electron chi connectivity index (χ1n) is 6.53. The van der Waals surface area contributed by atoms with Crippen molar-refractivity contribution < 1.29 is 18.3 Å². The average molecular weight is 343 g/mol. The number of nitrogens with one attached hydrogen (secondary N) is 1. The van der Waals surface area contributed by atoms with Gasteiger partial charge in [-0.3, -0.25) is 4.68 Å². The molecule has 0 fully saturated rings. The van der Waals surface area contributed by atoms with Crippen molar-refractivity contribution in [2.24, 2.45) is 7.05 Å². The summed E-state index contributed by atoms with van der Waals surface area (Å²) in [5, 5.41) is 14.4. The third kappa shape index (κ3) is 3.37. The van der Waals surface area contributed by atoms with Gasteiger partial charge in [0.2, 0.25) is 10.0 Å². The van der Waals surface area contributed by atoms with E-state index in [1.54, 1.807) is 4.68 Å². The second kappa shape index (κ2) is 6.19. The van der Waals surface area contributed by atoms with E-state index in [1.165, 1.54) is 5.38 Å². The largest absolute Gasteiger partial charge is 0.477 e. The molecule has 0 spiro atoms. The lowest BCUT2D eigenvalue weighted by Gasteiger charge is -2.05. The zero-order valence-corrected chi connectivity index (χ0v) is 14.1. The zero-order valence-electron chi connectivity index (χ0n) is 12.5. The third-order valence-corrected chi connectivity index (χ3v) is 5.93. The lowest BCUT2D eigenvalue weighted by atomic mass is 10.1. The maximum Gasteiger partial charge on any atom is 0.345 e. The average Bonchev–Trinajstić information content (AvgIpc) is 3.00. The van der Waals surface area contributed by atoms with Crippen molar-refractivity contribution in [3.8, 4) is 0 Å². The fourth-order valence-electron chi connectivity index (χ4n) is 2.14. The van der Waals surface area contributed by atoms with Crippen LogP contribution in [0.1, 0.15) is 26.6 Å². The molecule has 0 saturated carbocycles. The van der Waals surface area contributed by atoms with E-state index in [2.05, 4.69) is 9.82 Å². The van der Waals surface area contributed by atoms with Gasteiger partial charge in [-0.1, -0.05) is 0 Å². The van der Waals surface area contributed by atoms with Crippen LogP contribution in [-0.4, -0.2) is 35.8 Å². The number of aryl methyl sites for hydroxylation is 2. The highest BCUT2D eigenvalue weighted by atomic mass is 32.2. The van der Waals surface area contributed by atoms with Crippen LogP contribution in [0.15, 0.2) is 16.3 Å². The summed E-state index contributed by atoms with van der Waals surface area (Å²) in [5.74, 6) is -1.13. The van der Waals surface area contributed by atoms with Gasteiger partial charge in [0.1, 0.15) is 4.88 Å². The second-order valence-corrected chi connectivity index (χ2v) is 7.55. The van der Waals surface area contributed by atoms with Gasteiger partial charge < -0.3 is 5.11 Å². The van der Waals surface area contributed by atoms with Gasteiger partial charge in [0, 0.05) is 24.7 Å². The van der Waals surface area contributed by atoms with Crippen LogP contribution in [0.25, 0.3) is 0 Å². The van der Waals surface area contributed by atoms with Crippen molar-refractivity contribution >= 4 is 27.3 Å². The SMILES string of the molecule is Cc1nn(C)c(C)c1CCNS(=O)(=O)c1csc(C(=O)O)c1. The van der Waals surface area contributed by atoms with Gasteiger partial charge >= 0.3 is 5.97 Å². The molecule has 2 N–H and O–H groups in total. The second-order valence-electron chi connectivity index (χ2n) is 4.87. The maximum absolute atomic E-state index is 12.1. The van der Waals surface area contributed by atoms with Crippen molar-refractivity contribution in [3.63, 3.8) is 0 Å². The highest BCUT2D eigenvalue weighted by Crippen LogP contribution is 2.19. The molecule has 0 saturated heterocycles. The fourth-order valence-corrected chi connectivity index (χ4v) is 4.29. The minimum absolute atomic E-state index is 0.000627. The molecule has 22 heavy (non-hydrogen) atoms. The van der Waals surface area contributed by atoms with E-state index in [4.69, 9.17) is 5.11 Å². The molecule has 2 heterocycles. The van der Waals surface area contributed by atoms with Gasteiger partial charge in [-0.15, -0.1) is 11.3 Å². The summed E-state index contributed by atoms with van der Waals surface area (Å²) < 4.78 is 28.5. The quantitative estimate of drug-likeness (QED) is 0.824. The molecule has 9 heteroatoms. The Morgan fingerprint density at radius 1 is 1.45 bits per heavy atom. The van der Waals surface area contributed by atoms with Gasteiger partial charge in [0.05, 0.1) is 10.6 Å². The van der Waals surface area contributed by atoms with Crippen LogP contribution in [0.3, 0.4) is 0 Å². The van der Waals surface area contributed by atoms with E-state index in [1.807, 2.05) is 20.9 Å². The molecule has 0 aliphatic heterocycles. The Balaban J connectivity index is 2.05. The number of carboxylic acids is 1. The van der Waals surface area contributed by atoms with E-state index >= 15 is 0 Å². The number of aromatic nitrogens is 2. The van der Waals surface area contributed by atoms with Crippen LogP contribution in [0.5, 0.6) is 0 Å². The molecular formula is C13H17N3O4S2. The monoisotopic (exact) mass is 343 g/mol. The summed E-state index contributed by atoms with van der Waals surface area (Å²) in [7, 11) is -1.85. The first-order valence-corrected chi connectivity index (χ1v) is 8.89. The summed E-state index contributed by atoms with van der Waals surface area (Å²) in [6, 6.07) is 1.16. The standard InChI is InChI=1S/C13H17N3O4S2/c1-8-11(9(2)16(3)15-8)4-5-14-22(19,20)10-6-12(13(17)18)21-7-10/h6-7,14H,4-5H2,1-3H3,(H,17,18). The Hall–Kier alpha value is -1.71. The smallest absolute Gasteiger partial charge is 0.345 e. The number of hydrogen-bond donors (Lipinski definition) is 2. The van der Waals surface area contributed by atoms with E-state index < -0.39 is 16.0 Å². The Bertz CT molecular complexity index is 805. The van der Waals surface area contributed by atoms with Crippen LogP contribution in [0, 0.1) is 13.8 Å². The zero-order chi connectivity index (χ0) is 16.5. The first-order chi connectivity index (χ1) is 10.2. The molecule has 0 atom stereocenters. The van der Waals surface area contributed by atoms with E-state index in [-0.39, 0.29) is 16.3 Å². The first kappa shape index (κ1) is 16.7. The van der Waals surface area contributed by atoms with Gasteiger partial charge in [-0.05, 0) is 31.9 Å². The predicted molar refractivity (Wildman–Crippen MR) is 82.9 cm³/mol. The summed E-state index contributed by atoms with van der Waals surface area (Å²) >= 11 is 0.891. The molecule has 0 unspecified atom stereocenters. The highest BCUT2D eigenvalue weighted by Gasteiger charge is 2.18. The minimum Gasteiger partial charge on any atom is -0.477 e. The Labute approximate surface area is 132 Å². The van der Waals surface area contributed by atoms with E-state index in [9.17, 15) is 13.2 Å². The van der Waals surface area contributed by atoms with Crippen LogP contribution in [0.4, 0.5) is 0 Å². The van der Waals surface area contributed by atoms with Crippen LogP contribution in [-0.2, 0) is 23.5 Å². The maximum atomic E-state index is 12.1. The van der Waals surface area contributed by atoms with Crippen molar-refractivity contribution in [1.82, 2.24) is 14.5 Å². The molecule has 2 rings (SSSR count). The number of carbonyl (C=O) groups is 1. The lowest BCUT2D eigenvalue weighted by molar-refractivity contribution is 0.0702. The molecule has 120 valence electrons. The third-order valence-electron chi connectivity index (χ3n) is 3.42. The normalized spacial score (nSPS) is 11.8. The Kier molecular flexibility index (Phi) is 4.69. The van der Waals surface area contributed by atoms with Crippen LogP contribution in [0.2, 0.25) is 0 Å². The number of rotatable bonds is 6. The summed E-state index contributed by atoms with van der Waals surface area (Å²) in [5.41, 5.74) is 2.89. The molecule has 0 amide bonds. The fraction of sp³-hybridized carbons (Fsp3) is 0.385. The molecule has 0 bridgehead atoms. The number of thiophene rings is 1. The number of nitrogens with zero attached hydrogens (tertiary/aromatic N) is 2. The summed E-state index contributed by atoms with van der Waals surface area (Å²) in [6.45, 7) is 4.05. The minimum atomic E-state index is -3.69. The molecule has 0 aliphatic rings. The molecule has 2 aromatic rings. The van der Waals surface area contributed by atoms with Crippen LogP contribution < -0.4 is 4.72 Å². The number of aromatic carboxylic acids is 1. The van der Waals surface area contributed by atoms with Gasteiger partial charge in [-0.2, -0.15) is 5.10 Å². The van der Waals surface area contributed by atoms with Crippen molar-refractivity contribution in [3.05, 3.63) is 33.3 Å². The van der Waals surface area contributed by atoms with Gasteiger partial charge in [-0.25, -0.2) is 17.9 Å². The summed E-state index contributed by atoms with van der Waals surface area (Å²) in [6.07, 6.45) is 0.528. The molecule has 0 aliphatic carbocycles. The molecular weight excluding hydrogens is 326 g/mol. The van der Waals surface area contributed by atoms with E-state index in [0.29, 0.717) is 6.42 Å². The van der Waals surface area contributed by atoms with Crippen LogP contribution >= 0.6 is 11.3 Å². The van der Waals surface area contributed by atoms with Gasteiger partial charge in [0.25, 0.3) is 0 Å². The van der Waals surface area contributed by atoms with Gasteiger partial charge in [0.15, 0.2) is 0 Å². The van der Waals surface area contributed by atoms with Crippen molar-refractivity contribution in [2.45, 2.75) is 25.2 Å². The summed E-state index contributed by atoms with van der Waals surface area (Å²) in [4.78, 5) is 10.8. The molecule has 0 radical (unpaired) electrons. The predicted octanol–water partition coefficient (Wildman–Crippen LogP) is 1.32. The number of hydrogen-bond acceptors (Lipinski definition) is 5. The Morgan fingerprint density at radius 2 is 2.14 bits per heavy atom. The molecule has 7 nitrogen and oxygen atoms in total. The van der Waals surface area contributed by atoms with Crippen molar-refractivity contribution in [2.75, 3.05) is 6.54 Å². The van der Waals surface area contributed by atoms with Crippen molar-refractivity contribution in [1.29, 1.82) is 0 Å². The molecule has 2 aromatic heterocycles. The topological polar surface area (TPSA) is 101 Å². The Morgan fingerprint density at radius 3 is 2.64 bits per heavy atom. The molecule has 0 aromatic carbocycles.